The summed E-state index contributed by atoms with van der Waals surface area (Å²) in [5, 5.41) is 15.9. The third-order valence-corrected chi connectivity index (χ3v) is 3.72. The van der Waals surface area contributed by atoms with Crippen molar-refractivity contribution in [3.8, 4) is 0 Å². The van der Waals surface area contributed by atoms with Gasteiger partial charge in [0.25, 0.3) is 11.6 Å². The number of benzene rings is 2. The average molecular weight is 394 g/mol. The zero-order chi connectivity index (χ0) is 19.3. The number of nitro groups is 1. The van der Waals surface area contributed by atoms with Crippen molar-refractivity contribution in [1.29, 1.82) is 0 Å². The molecule has 1 amide bonds. The number of esters is 1. The van der Waals surface area contributed by atoms with Crippen molar-refractivity contribution in [3.05, 3.63) is 68.7 Å². The van der Waals surface area contributed by atoms with Crippen LogP contribution in [0.25, 0.3) is 0 Å². The second kappa shape index (κ2) is 8.37. The van der Waals surface area contributed by atoms with Gasteiger partial charge in [-0.15, -0.1) is 0 Å². The summed E-state index contributed by atoms with van der Waals surface area (Å²) in [7, 11) is 1.26. The molecule has 134 valence electrons. The molecule has 8 nitrogen and oxygen atoms in total. The maximum absolute atomic E-state index is 12.1. The minimum Gasteiger partial charge on any atom is -0.465 e. The van der Waals surface area contributed by atoms with E-state index in [1.165, 1.54) is 49.6 Å². The fourth-order valence-corrected chi connectivity index (χ4v) is 2.34. The fraction of sp³-hybridized carbons (Fsp3) is 0.0625. The van der Waals surface area contributed by atoms with Crippen LogP contribution in [-0.4, -0.2) is 29.0 Å². The Morgan fingerprint density at radius 3 is 2.35 bits per heavy atom. The van der Waals surface area contributed by atoms with Crippen LogP contribution >= 0.6 is 23.8 Å². The molecule has 2 aromatic rings. The van der Waals surface area contributed by atoms with Crippen molar-refractivity contribution in [3.63, 3.8) is 0 Å². The predicted molar refractivity (Wildman–Crippen MR) is 99.6 cm³/mol. The number of halogens is 1. The largest absolute Gasteiger partial charge is 0.465 e. The Labute approximate surface area is 158 Å². The number of ether oxygens (including phenoxy) is 1. The molecular formula is C16H12ClN3O5S. The van der Waals surface area contributed by atoms with Gasteiger partial charge in [-0.1, -0.05) is 11.6 Å². The summed E-state index contributed by atoms with van der Waals surface area (Å²) in [6.45, 7) is 0. The van der Waals surface area contributed by atoms with Gasteiger partial charge in [0.15, 0.2) is 5.11 Å². The molecule has 2 rings (SSSR count). The second-order valence-corrected chi connectivity index (χ2v) is 5.72. The van der Waals surface area contributed by atoms with Gasteiger partial charge in [-0.3, -0.25) is 20.2 Å². The van der Waals surface area contributed by atoms with Gasteiger partial charge in [-0.2, -0.15) is 0 Å². The minimum absolute atomic E-state index is 0.0128. The van der Waals surface area contributed by atoms with Gasteiger partial charge in [0.05, 0.1) is 17.6 Å². The van der Waals surface area contributed by atoms with Gasteiger partial charge < -0.3 is 10.1 Å². The number of nitro benzene ring substituents is 1. The van der Waals surface area contributed by atoms with Gasteiger partial charge in [-0.05, 0) is 48.6 Å². The lowest BCUT2D eigenvalue weighted by atomic mass is 10.1. The summed E-state index contributed by atoms with van der Waals surface area (Å²) < 4.78 is 4.57. The molecule has 0 aliphatic carbocycles. The maximum atomic E-state index is 12.1. The number of carbonyl (C=O) groups excluding carboxylic acids is 2. The predicted octanol–water partition coefficient (Wildman–Crippen LogP) is 3.16. The topological polar surface area (TPSA) is 111 Å². The molecule has 0 saturated heterocycles. The third kappa shape index (κ3) is 4.74. The molecule has 2 N–H and O–H groups in total. The Balaban J connectivity index is 2.03. The van der Waals surface area contributed by atoms with E-state index in [0.717, 1.165) is 0 Å². The van der Waals surface area contributed by atoms with Crippen LogP contribution in [0.2, 0.25) is 5.02 Å². The normalized spacial score (nSPS) is 9.92. The number of thiocarbonyl (C=S) groups is 1. The van der Waals surface area contributed by atoms with Gasteiger partial charge in [-0.25, -0.2) is 4.79 Å². The molecule has 0 aliphatic heterocycles. The molecule has 0 saturated carbocycles. The number of methoxy groups -OCH3 is 1. The highest BCUT2D eigenvalue weighted by atomic mass is 35.5. The SMILES string of the molecule is COC(=O)c1ccc(C(=O)NC(=S)Nc2ccc(Cl)c([N+](=O)[O-])c2)cc1. The first-order valence-electron chi connectivity index (χ1n) is 7.06. The number of carbonyl (C=O) groups is 2. The van der Waals surface area contributed by atoms with E-state index >= 15 is 0 Å². The van der Waals surface area contributed by atoms with Crippen molar-refractivity contribution in [2.24, 2.45) is 0 Å². The molecule has 0 fully saturated rings. The maximum Gasteiger partial charge on any atom is 0.337 e. The van der Waals surface area contributed by atoms with Crippen molar-refractivity contribution < 1.29 is 19.2 Å². The number of anilines is 1. The van der Waals surface area contributed by atoms with Gasteiger partial charge in [0.1, 0.15) is 5.02 Å². The number of hydrogen-bond acceptors (Lipinski definition) is 6. The Morgan fingerprint density at radius 2 is 1.77 bits per heavy atom. The summed E-state index contributed by atoms with van der Waals surface area (Å²) in [5.41, 5.74) is 0.582. The minimum atomic E-state index is -0.627. The van der Waals surface area contributed by atoms with Gasteiger partial charge in [0.2, 0.25) is 0 Å². The molecule has 0 aliphatic rings. The van der Waals surface area contributed by atoms with Crippen LogP contribution in [0.5, 0.6) is 0 Å². The Bertz CT molecular complexity index is 886. The lowest BCUT2D eigenvalue weighted by molar-refractivity contribution is -0.384. The number of nitrogens with zero attached hydrogens (tertiary/aromatic N) is 1. The highest BCUT2D eigenvalue weighted by Crippen LogP contribution is 2.27. The summed E-state index contributed by atoms with van der Waals surface area (Å²) in [5.74, 6) is -1.03. The van der Waals surface area contributed by atoms with Crippen LogP contribution in [0.15, 0.2) is 42.5 Å². The van der Waals surface area contributed by atoms with E-state index in [-0.39, 0.29) is 21.4 Å². The molecule has 0 bridgehead atoms. The van der Waals surface area contributed by atoms with Crippen LogP contribution in [0.4, 0.5) is 11.4 Å². The summed E-state index contributed by atoms with van der Waals surface area (Å²) in [6.07, 6.45) is 0. The number of nitrogens with one attached hydrogen (secondary N) is 2. The molecule has 0 radical (unpaired) electrons. The first kappa shape index (κ1) is 19.3. The van der Waals surface area contributed by atoms with Crippen molar-refractivity contribution in [2.75, 3.05) is 12.4 Å². The van der Waals surface area contributed by atoms with E-state index in [0.29, 0.717) is 11.3 Å². The first-order valence-corrected chi connectivity index (χ1v) is 7.85. The van der Waals surface area contributed by atoms with E-state index in [1.807, 2.05) is 0 Å². The first-order chi connectivity index (χ1) is 12.3. The van der Waals surface area contributed by atoms with Crippen molar-refractivity contribution in [1.82, 2.24) is 5.32 Å². The molecular weight excluding hydrogens is 382 g/mol. The van der Waals surface area contributed by atoms with E-state index in [9.17, 15) is 19.7 Å². The Hall–Kier alpha value is -3.04. The zero-order valence-electron chi connectivity index (χ0n) is 13.3. The molecule has 0 spiro atoms. The number of rotatable bonds is 4. The number of hydrogen-bond donors (Lipinski definition) is 2. The molecule has 0 atom stereocenters. The lowest BCUT2D eigenvalue weighted by Crippen LogP contribution is -2.34. The molecule has 0 heterocycles. The monoisotopic (exact) mass is 393 g/mol. The van der Waals surface area contributed by atoms with Crippen LogP contribution in [0.1, 0.15) is 20.7 Å². The third-order valence-electron chi connectivity index (χ3n) is 3.20. The molecule has 10 heteroatoms. The van der Waals surface area contributed by atoms with Crippen LogP contribution in [0.3, 0.4) is 0 Å². The summed E-state index contributed by atoms with van der Waals surface area (Å²) in [4.78, 5) is 33.8. The summed E-state index contributed by atoms with van der Waals surface area (Å²) in [6, 6.07) is 9.80. The molecule has 0 aromatic heterocycles. The highest BCUT2D eigenvalue weighted by Gasteiger charge is 2.14. The van der Waals surface area contributed by atoms with Gasteiger partial charge in [0, 0.05) is 17.3 Å². The number of amides is 1. The fourth-order valence-electron chi connectivity index (χ4n) is 1.94. The van der Waals surface area contributed by atoms with Crippen LogP contribution in [0, 0.1) is 10.1 Å². The van der Waals surface area contributed by atoms with E-state index in [4.69, 9.17) is 23.8 Å². The average Bonchev–Trinajstić information content (AvgIpc) is 2.62. The molecule has 2 aromatic carbocycles. The van der Waals surface area contributed by atoms with E-state index in [2.05, 4.69) is 15.4 Å². The smallest absolute Gasteiger partial charge is 0.337 e. The quantitative estimate of drug-likeness (QED) is 0.355. The van der Waals surface area contributed by atoms with E-state index in [1.54, 1.807) is 0 Å². The van der Waals surface area contributed by atoms with Crippen LogP contribution < -0.4 is 10.6 Å². The Kier molecular flexibility index (Phi) is 6.21. The van der Waals surface area contributed by atoms with Crippen molar-refractivity contribution in [2.45, 2.75) is 0 Å². The van der Waals surface area contributed by atoms with Crippen molar-refractivity contribution >= 4 is 52.2 Å². The van der Waals surface area contributed by atoms with Gasteiger partial charge >= 0.3 is 5.97 Å². The Morgan fingerprint density at radius 1 is 1.15 bits per heavy atom. The van der Waals surface area contributed by atoms with E-state index < -0.39 is 16.8 Å². The molecule has 0 unspecified atom stereocenters. The second-order valence-electron chi connectivity index (χ2n) is 4.90. The summed E-state index contributed by atoms with van der Waals surface area (Å²) >= 11 is 10.8. The molecule has 26 heavy (non-hydrogen) atoms. The standard InChI is InChI=1S/C16H12ClN3O5S/c1-25-15(22)10-4-2-9(3-5-10)14(21)19-16(26)18-11-6-7-12(17)13(8-11)20(23)24/h2-8H,1H3,(H2,18,19,21,26). The van der Waals surface area contributed by atoms with Crippen LogP contribution in [-0.2, 0) is 4.74 Å². The highest BCUT2D eigenvalue weighted by molar-refractivity contribution is 7.80. The lowest BCUT2D eigenvalue weighted by Gasteiger charge is -2.10. The zero-order valence-corrected chi connectivity index (χ0v) is 14.9.